The third-order valence-corrected chi connectivity index (χ3v) is 5.05. The Morgan fingerprint density at radius 3 is 2.88 bits per heavy atom. The maximum Gasteiger partial charge on any atom is 0.387 e. The number of hydrogen-bond acceptors (Lipinski definition) is 4. The van der Waals surface area contributed by atoms with Crippen molar-refractivity contribution in [2.45, 2.75) is 26.0 Å². The highest BCUT2D eigenvalue weighted by molar-refractivity contribution is 9.10. The van der Waals surface area contributed by atoms with E-state index in [1.54, 1.807) is 12.1 Å². The molecule has 1 unspecified atom stereocenters. The summed E-state index contributed by atoms with van der Waals surface area (Å²) in [6, 6.07) is 4.96. The van der Waals surface area contributed by atoms with E-state index in [4.69, 9.17) is 0 Å². The van der Waals surface area contributed by atoms with Crippen molar-refractivity contribution in [3.63, 3.8) is 0 Å². The van der Waals surface area contributed by atoms with E-state index in [9.17, 15) is 17.2 Å². The number of rotatable bonds is 7. The van der Waals surface area contributed by atoms with Gasteiger partial charge < -0.3 is 4.74 Å². The molecule has 1 aromatic carbocycles. The van der Waals surface area contributed by atoms with Crippen molar-refractivity contribution in [1.82, 2.24) is 9.62 Å². The molecular weight excluding hydrogens is 406 g/mol. The SMILES string of the molecule is CS(=O)(=O)NCC1CCCN(Cc2cc(Br)ccc2OC(F)F)C1. The van der Waals surface area contributed by atoms with Crippen molar-refractivity contribution in [3.05, 3.63) is 28.2 Å². The second kappa shape index (κ2) is 8.55. The number of likely N-dealkylation sites (tertiary alicyclic amines) is 1. The molecule has 0 bridgehead atoms. The summed E-state index contributed by atoms with van der Waals surface area (Å²) in [6.45, 7) is -0.428. The fraction of sp³-hybridized carbons (Fsp3) is 0.600. The molecule has 0 radical (unpaired) electrons. The van der Waals surface area contributed by atoms with Crippen LogP contribution in [0.3, 0.4) is 0 Å². The monoisotopic (exact) mass is 426 g/mol. The number of alkyl halides is 2. The number of piperidine rings is 1. The molecule has 1 saturated heterocycles. The molecule has 1 heterocycles. The summed E-state index contributed by atoms with van der Waals surface area (Å²) in [4.78, 5) is 2.14. The lowest BCUT2D eigenvalue weighted by atomic mass is 9.98. The van der Waals surface area contributed by atoms with Gasteiger partial charge in [0, 0.05) is 29.7 Å². The molecule has 1 aliphatic heterocycles. The topological polar surface area (TPSA) is 58.6 Å². The second-order valence-corrected chi connectivity index (χ2v) is 8.74. The fourth-order valence-corrected chi connectivity index (χ4v) is 3.80. The molecule has 1 aromatic rings. The molecule has 0 spiro atoms. The average Bonchev–Trinajstić information content (AvgIpc) is 2.47. The third-order valence-electron chi connectivity index (χ3n) is 3.87. The van der Waals surface area contributed by atoms with Gasteiger partial charge in [-0.05, 0) is 43.5 Å². The number of nitrogens with zero attached hydrogens (tertiary/aromatic N) is 1. The van der Waals surface area contributed by atoms with E-state index in [2.05, 4.69) is 30.3 Å². The first kappa shape index (κ1) is 19.6. The highest BCUT2D eigenvalue weighted by Gasteiger charge is 2.22. The smallest absolute Gasteiger partial charge is 0.387 e. The van der Waals surface area contributed by atoms with Crippen molar-refractivity contribution in [1.29, 1.82) is 0 Å². The molecule has 1 fully saturated rings. The summed E-state index contributed by atoms with van der Waals surface area (Å²) in [5.74, 6) is 0.379. The van der Waals surface area contributed by atoms with Gasteiger partial charge in [0.05, 0.1) is 6.26 Å². The van der Waals surface area contributed by atoms with Gasteiger partial charge in [0.15, 0.2) is 0 Å². The van der Waals surface area contributed by atoms with E-state index in [-0.39, 0.29) is 11.7 Å². The minimum absolute atomic E-state index is 0.171. The Kier molecular flexibility index (Phi) is 6.97. The Labute approximate surface area is 149 Å². The van der Waals surface area contributed by atoms with E-state index >= 15 is 0 Å². The molecule has 0 aliphatic carbocycles. The van der Waals surface area contributed by atoms with Crippen molar-refractivity contribution >= 4 is 26.0 Å². The quantitative estimate of drug-likeness (QED) is 0.727. The first-order valence-corrected chi connectivity index (χ1v) is 10.3. The average molecular weight is 427 g/mol. The van der Waals surface area contributed by atoms with Crippen LogP contribution in [0.4, 0.5) is 8.78 Å². The normalized spacial score (nSPS) is 19.6. The Hall–Kier alpha value is -0.770. The highest BCUT2D eigenvalue weighted by atomic mass is 79.9. The third kappa shape index (κ3) is 6.62. The predicted molar refractivity (Wildman–Crippen MR) is 91.6 cm³/mol. The standard InChI is InChI=1S/C15H21BrF2N2O3S/c1-24(21,22)19-8-11-3-2-6-20(9-11)10-12-7-13(16)4-5-14(12)23-15(17)18/h4-5,7,11,15,19H,2-3,6,8-10H2,1H3. The molecule has 9 heteroatoms. The summed E-state index contributed by atoms with van der Waals surface area (Å²) in [7, 11) is -3.20. The van der Waals surface area contributed by atoms with Crippen molar-refractivity contribution < 1.29 is 21.9 Å². The highest BCUT2D eigenvalue weighted by Crippen LogP contribution is 2.27. The van der Waals surface area contributed by atoms with E-state index in [1.807, 2.05) is 0 Å². The van der Waals surface area contributed by atoms with Gasteiger partial charge >= 0.3 is 6.61 Å². The summed E-state index contributed by atoms with van der Waals surface area (Å²) in [5.41, 5.74) is 0.682. The lowest BCUT2D eigenvalue weighted by Gasteiger charge is -2.33. The van der Waals surface area contributed by atoms with Gasteiger partial charge in [-0.1, -0.05) is 15.9 Å². The molecule has 1 atom stereocenters. The number of hydrogen-bond donors (Lipinski definition) is 1. The van der Waals surface area contributed by atoms with E-state index in [0.717, 1.165) is 30.1 Å². The molecule has 24 heavy (non-hydrogen) atoms. The number of halogens is 3. The van der Waals surface area contributed by atoms with E-state index in [0.29, 0.717) is 25.2 Å². The largest absolute Gasteiger partial charge is 0.434 e. The van der Waals surface area contributed by atoms with Gasteiger partial charge in [-0.25, -0.2) is 13.1 Å². The van der Waals surface area contributed by atoms with Gasteiger partial charge in [0.1, 0.15) is 5.75 Å². The first-order valence-electron chi connectivity index (χ1n) is 7.63. The molecule has 0 amide bonds. The Morgan fingerprint density at radius 2 is 2.21 bits per heavy atom. The number of benzene rings is 1. The summed E-state index contributed by atoms with van der Waals surface area (Å²) in [6.07, 6.45) is 3.02. The van der Waals surface area contributed by atoms with Crippen LogP contribution in [-0.4, -0.2) is 45.8 Å². The molecular formula is C15H21BrF2N2O3S. The summed E-state index contributed by atoms with van der Waals surface area (Å²) >= 11 is 3.35. The Morgan fingerprint density at radius 1 is 1.46 bits per heavy atom. The zero-order valence-corrected chi connectivity index (χ0v) is 15.7. The number of sulfonamides is 1. The Balaban J connectivity index is 2.01. The van der Waals surface area contributed by atoms with E-state index < -0.39 is 16.6 Å². The summed E-state index contributed by atoms with van der Waals surface area (Å²) in [5, 5.41) is 0. The molecule has 136 valence electrons. The van der Waals surface area contributed by atoms with Crippen LogP contribution < -0.4 is 9.46 Å². The van der Waals surface area contributed by atoms with Gasteiger partial charge in [-0.15, -0.1) is 0 Å². The van der Waals surface area contributed by atoms with Crippen LogP contribution in [0.25, 0.3) is 0 Å². The predicted octanol–water partition coefficient (Wildman–Crippen LogP) is 2.81. The minimum Gasteiger partial charge on any atom is -0.434 e. The van der Waals surface area contributed by atoms with Crippen molar-refractivity contribution in [2.24, 2.45) is 5.92 Å². The second-order valence-electron chi connectivity index (χ2n) is 5.99. The fourth-order valence-electron chi connectivity index (χ4n) is 2.85. The lowest BCUT2D eigenvalue weighted by molar-refractivity contribution is -0.0508. The molecule has 5 nitrogen and oxygen atoms in total. The van der Waals surface area contributed by atoms with Crippen LogP contribution in [0.1, 0.15) is 18.4 Å². The zero-order chi connectivity index (χ0) is 17.7. The minimum atomic E-state index is -3.20. The zero-order valence-electron chi connectivity index (χ0n) is 13.3. The molecule has 1 aliphatic rings. The molecule has 2 rings (SSSR count). The molecule has 1 N–H and O–H groups in total. The van der Waals surface area contributed by atoms with E-state index in [1.165, 1.54) is 6.07 Å². The van der Waals surface area contributed by atoms with Crippen LogP contribution in [0, 0.1) is 5.92 Å². The molecule has 0 aromatic heterocycles. The number of ether oxygens (including phenoxy) is 1. The summed E-state index contributed by atoms with van der Waals surface area (Å²) < 4.78 is 55.4. The van der Waals surface area contributed by atoms with Crippen molar-refractivity contribution in [2.75, 3.05) is 25.9 Å². The van der Waals surface area contributed by atoms with Crippen molar-refractivity contribution in [3.8, 4) is 5.75 Å². The lowest BCUT2D eigenvalue weighted by Crippen LogP contribution is -2.40. The maximum atomic E-state index is 12.5. The van der Waals surface area contributed by atoms with Crippen LogP contribution in [0.15, 0.2) is 22.7 Å². The maximum absolute atomic E-state index is 12.5. The van der Waals surface area contributed by atoms with Gasteiger partial charge in [-0.3, -0.25) is 4.90 Å². The molecule has 0 saturated carbocycles. The van der Waals surface area contributed by atoms with Gasteiger partial charge in [-0.2, -0.15) is 8.78 Å². The van der Waals surface area contributed by atoms with Gasteiger partial charge in [0.2, 0.25) is 10.0 Å². The number of nitrogens with one attached hydrogen (secondary N) is 1. The first-order chi connectivity index (χ1) is 11.2. The van der Waals surface area contributed by atoms with Crippen LogP contribution >= 0.6 is 15.9 Å². The van der Waals surface area contributed by atoms with Crippen LogP contribution in [-0.2, 0) is 16.6 Å². The van der Waals surface area contributed by atoms with Crippen LogP contribution in [0.2, 0.25) is 0 Å². The van der Waals surface area contributed by atoms with Gasteiger partial charge in [0.25, 0.3) is 0 Å². The Bertz CT molecular complexity index is 658. The van der Waals surface area contributed by atoms with Crippen LogP contribution in [0.5, 0.6) is 5.75 Å².